The first-order valence-electron chi connectivity index (χ1n) is 8.98. The van der Waals surface area contributed by atoms with Crippen LogP contribution in [-0.4, -0.2) is 38.6 Å². The van der Waals surface area contributed by atoms with Crippen molar-refractivity contribution in [2.75, 3.05) is 11.9 Å². The van der Waals surface area contributed by atoms with E-state index in [2.05, 4.69) is 16.9 Å². The Balaban J connectivity index is 1.42. The summed E-state index contributed by atoms with van der Waals surface area (Å²) in [5.74, 6) is -0.452. The number of nitrogens with one attached hydrogen (secondary N) is 1. The number of hydrogen-bond donors (Lipinski definition) is 1. The SMILES string of the molecule is C=C1c2ccccc2C(=O)N1CC(=O)Nc1ccc(C(=O)c2nccn2C)cc1. The number of carbonyl (C=O) groups excluding carboxylic acids is 3. The molecule has 2 aromatic carbocycles. The van der Waals surface area contributed by atoms with Crippen molar-refractivity contribution in [3.05, 3.63) is 90.0 Å². The van der Waals surface area contributed by atoms with Crippen molar-refractivity contribution < 1.29 is 14.4 Å². The third kappa shape index (κ3) is 3.34. The first kappa shape index (κ1) is 18.4. The van der Waals surface area contributed by atoms with Gasteiger partial charge in [0, 0.05) is 47.5 Å². The minimum atomic E-state index is -0.351. The van der Waals surface area contributed by atoms with E-state index < -0.39 is 0 Å². The molecule has 0 spiro atoms. The Morgan fingerprint density at radius 1 is 1.07 bits per heavy atom. The van der Waals surface area contributed by atoms with E-state index in [0.29, 0.717) is 28.3 Å². The normalized spacial score (nSPS) is 12.8. The lowest BCUT2D eigenvalue weighted by molar-refractivity contribution is -0.116. The van der Waals surface area contributed by atoms with Crippen molar-refractivity contribution in [1.82, 2.24) is 14.5 Å². The maximum Gasteiger partial charge on any atom is 0.259 e. The van der Waals surface area contributed by atoms with Crippen molar-refractivity contribution in [2.24, 2.45) is 7.05 Å². The zero-order valence-electron chi connectivity index (χ0n) is 15.8. The predicted octanol–water partition coefficient (Wildman–Crippen LogP) is 2.72. The van der Waals surface area contributed by atoms with Gasteiger partial charge in [-0.2, -0.15) is 0 Å². The van der Waals surface area contributed by atoms with E-state index in [4.69, 9.17) is 0 Å². The second kappa shape index (κ2) is 7.20. The summed E-state index contributed by atoms with van der Waals surface area (Å²) in [6.45, 7) is 3.79. The van der Waals surface area contributed by atoms with Crippen LogP contribution in [0.25, 0.3) is 5.70 Å². The molecule has 0 bridgehead atoms. The van der Waals surface area contributed by atoms with E-state index in [1.807, 2.05) is 12.1 Å². The highest BCUT2D eigenvalue weighted by Crippen LogP contribution is 2.30. The fraction of sp³-hybridized carbons (Fsp3) is 0.0909. The van der Waals surface area contributed by atoms with E-state index in [1.165, 1.54) is 4.90 Å². The Bertz CT molecular complexity index is 1110. The summed E-state index contributed by atoms with van der Waals surface area (Å²) in [5, 5.41) is 2.74. The smallest absolute Gasteiger partial charge is 0.259 e. The number of benzene rings is 2. The molecule has 1 aromatic heterocycles. The van der Waals surface area contributed by atoms with Gasteiger partial charge in [0.05, 0.1) is 0 Å². The zero-order valence-corrected chi connectivity index (χ0v) is 15.8. The molecule has 3 aromatic rings. The molecule has 4 rings (SSSR count). The molecule has 0 unspecified atom stereocenters. The fourth-order valence-corrected chi connectivity index (χ4v) is 3.26. The molecule has 0 saturated heterocycles. The molecule has 0 radical (unpaired) electrons. The summed E-state index contributed by atoms with van der Waals surface area (Å²) in [6, 6.07) is 13.7. The highest BCUT2D eigenvalue weighted by Gasteiger charge is 2.31. The first-order valence-corrected chi connectivity index (χ1v) is 8.98. The lowest BCUT2D eigenvalue weighted by atomic mass is 10.1. The Morgan fingerprint density at radius 3 is 2.38 bits per heavy atom. The van der Waals surface area contributed by atoms with Gasteiger partial charge in [0.25, 0.3) is 5.91 Å². The fourth-order valence-electron chi connectivity index (χ4n) is 3.26. The summed E-state index contributed by atoms with van der Waals surface area (Å²) < 4.78 is 1.65. The Morgan fingerprint density at radius 2 is 1.76 bits per heavy atom. The Labute approximate surface area is 167 Å². The number of aryl methyl sites for hydroxylation is 1. The highest BCUT2D eigenvalue weighted by atomic mass is 16.2. The molecule has 7 nitrogen and oxygen atoms in total. The average Bonchev–Trinajstić information content (AvgIpc) is 3.25. The molecule has 0 aliphatic carbocycles. The molecule has 0 saturated carbocycles. The lowest BCUT2D eigenvalue weighted by Gasteiger charge is -2.17. The van der Waals surface area contributed by atoms with Crippen LogP contribution in [0.15, 0.2) is 67.5 Å². The minimum Gasteiger partial charge on any atom is -0.331 e. The number of imidazole rings is 1. The number of nitrogens with zero attached hydrogens (tertiary/aromatic N) is 3. The predicted molar refractivity (Wildman–Crippen MR) is 108 cm³/mol. The van der Waals surface area contributed by atoms with Crippen molar-refractivity contribution in [3.63, 3.8) is 0 Å². The number of rotatable bonds is 5. The van der Waals surface area contributed by atoms with E-state index in [9.17, 15) is 14.4 Å². The molecule has 1 aliphatic heterocycles. The number of aromatic nitrogens is 2. The molecule has 29 heavy (non-hydrogen) atoms. The molecule has 2 amide bonds. The van der Waals surface area contributed by atoms with E-state index >= 15 is 0 Å². The number of carbonyl (C=O) groups is 3. The molecule has 0 atom stereocenters. The second-order valence-electron chi connectivity index (χ2n) is 6.70. The zero-order chi connectivity index (χ0) is 20.5. The topological polar surface area (TPSA) is 84.3 Å². The molecule has 7 heteroatoms. The van der Waals surface area contributed by atoms with Crippen LogP contribution in [0.5, 0.6) is 0 Å². The maximum atomic E-state index is 12.5. The molecular formula is C22H18N4O3. The third-order valence-electron chi connectivity index (χ3n) is 4.80. The van der Waals surface area contributed by atoms with Crippen molar-refractivity contribution in [3.8, 4) is 0 Å². The molecule has 1 N–H and O–H groups in total. The van der Waals surface area contributed by atoms with Gasteiger partial charge in [-0.25, -0.2) is 4.98 Å². The Hall–Kier alpha value is -4.00. The number of anilines is 1. The molecule has 144 valence electrons. The first-order chi connectivity index (χ1) is 14.0. The van der Waals surface area contributed by atoms with Gasteiger partial charge in [0.15, 0.2) is 5.82 Å². The molecule has 2 heterocycles. The van der Waals surface area contributed by atoms with Crippen LogP contribution >= 0.6 is 0 Å². The summed E-state index contributed by atoms with van der Waals surface area (Å²) in [5.41, 5.74) is 2.79. The average molecular weight is 386 g/mol. The summed E-state index contributed by atoms with van der Waals surface area (Å²) in [4.78, 5) is 42.8. The van der Waals surface area contributed by atoms with Crippen LogP contribution in [0.3, 0.4) is 0 Å². The number of amides is 2. The van der Waals surface area contributed by atoms with Crippen LogP contribution in [0, 0.1) is 0 Å². The van der Waals surface area contributed by atoms with Gasteiger partial charge in [-0.3, -0.25) is 19.3 Å². The molecule has 1 aliphatic rings. The second-order valence-corrected chi connectivity index (χ2v) is 6.70. The highest BCUT2D eigenvalue weighted by molar-refractivity contribution is 6.11. The standard InChI is InChI=1S/C22H18N4O3/c1-14-17-5-3-4-6-18(17)22(29)26(14)13-19(27)24-16-9-7-15(8-10-16)20(28)21-23-11-12-25(21)2/h3-12H,1,13H2,2H3,(H,24,27). The van der Waals surface area contributed by atoms with E-state index in [1.54, 1.807) is 60.4 Å². The summed E-state index contributed by atoms with van der Waals surface area (Å²) in [6.07, 6.45) is 3.27. The van der Waals surface area contributed by atoms with Crippen LogP contribution in [0.1, 0.15) is 32.1 Å². The lowest BCUT2D eigenvalue weighted by Crippen LogP contribution is -2.32. The van der Waals surface area contributed by atoms with Crippen LogP contribution in [0.2, 0.25) is 0 Å². The minimum absolute atomic E-state index is 0.139. The molecular weight excluding hydrogens is 368 g/mol. The van der Waals surface area contributed by atoms with Crippen molar-refractivity contribution in [2.45, 2.75) is 0 Å². The Kier molecular flexibility index (Phi) is 4.56. The van der Waals surface area contributed by atoms with Gasteiger partial charge in [0.1, 0.15) is 6.54 Å². The molecule has 0 fully saturated rings. The van der Waals surface area contributed by atoms with Gasteiger partial charge < -0.3 is 9.88 Å². The van der Waals surface area contributed by atoms with Gasteiger partial charge >= 0.3 is 0 Å². The largest absolute Gasteiger partial charge is 0.331 e. The monoisotopic (exact) mass is 386 g/mol. The number of ketones is 1. The van der Waals surface area contributed by atoms with Gasteiger partial charge in [-0.1, -0.05) is 24.8 Å². The van der Waals surface area contributed by atoms with Gasteiger partial charge in [-0.15, -0.1) is 0 Å². The van der Waals surface area contributed by atoms with E-state index in [-0.39, 0.29) is 24.1 Å². The third-order valence-corrected chi connectivity index (χ3v) is 4.80. The van der Waals surface area contributed by atoms with Crippen molar-refractivity contribution >= 4 is 29.0 Å². The van der Waals surface area contributed by atoms with Crippen molar-refractivity contribution in [1.29, 1.82) is 0 Å². The number of fused-ring (bicyclic) bond motifs is 1. The van der Waals surface area contributed by atoms with E-state index in [0.717, 1.165) is 5.56 Å². The van der Waals surface area contributed by atoms with Crippen LogP contribution in [0.4, 0.5) is 5.69 Å². The van der Waals surface area contributed by atoms with Gasteiger partial charge in [0.2, 0.25) is 11.7 Å². The maximum absolute atomic E-state index is 12.5. The summed E-state index contributed by atoms with van der Waals surface area (Å²) in [7, 11) is 1.75. The summed E-state index contributed by atoms with van der Waals surface area (Å²) >= 11 is 0. The number of hydrogen-bond acceptors (Lipinski definition) is 4. The van der Waals surface area contributed by atoms with Gasteiger partial charge in [-0.05, 0) is 30.3 Å². The van der Waals surface area contributed by atoms with Crippen LogP contribution < -0.4 is 5.32 Å². The quantitative estimate of drug-likeness (QED) is 0.684. The van der Waals surface area contributed by atoms with Crippen LogP contribution in [-0.2, 0) is 11.8 Å².